The van der Waals surface area contributed by atoms with Crippen molar-refractivity contribution in [1.82, 2.24) is 9.96 Å². The number of benzene rings is 2. The van der Waals surface area contributed by atoms with Gasteiger partial charge in [-0.25, -0.2) is 9.18 Å². The molecule has 1 aliphatic heterocycles. The number of likely N-dealkylation sites (N-methyl/N-ethyl adjacent to an activating group) is 1. The van der Waals surface area contributed by atoms with E-state index in [2.05, 4.69) is 15.1 Å². The van der Waals surface area contributed by atoms with Gasteiger partial charge in [0.15, 0.2) is 11.6 Å². The Morgan fingerprint density at radius 2 is 1.79 bits per heavy atom. The van der Waals surface area contributed by atoms with Crippen LogP contribution in [0.3, 0.4) is 0 Å². The van der Waals surface area contributed by atoms with Crippen molar-refractivity contribution in [3.63, 3.8) is 0 Å². The minimum atomic E-state index is -5.33. The summed E-state index contributed by atoms with van der Waals surface area (Å²) in [5.41, 5.74) is 0.0273. The van der Waals surface area contributed by atoms with Crippen LogP contribution in [-0.4, -0.2) is 85.6 Å². The van der Waals surface area contributed by atoms with Crippen molar-refractivity contribution in [1.29, 1.82) is 0 Å². The third-order valence-electron chi connectivity index (χ3n) is 6.70. The van der Waals surface area contributed by atoms with Crippen LogP contribution in [0, 0.1) is 5.82 Å². The third-order valence-corrected chi connectivity index (χ3v) is 6.70. The summed E-state index contributed by atoms with van der Waals surface area (Å²) in [5, 5.41) is 13.7. The van der Waals surface area contributed by atoms with E-state index in [4.69, 9.17) is 4.74 Å². The summed E-state index contributed by atoms with van der Waals surface area (Å²) in [6, 6.07) is 9.24. The van der Waals surface area contributed by atoms with Gasteiger partial charge in [0.05, 0.1) is 24.8 Å². The first-order valence-electron chi connectivity index (χ1n) is 12.4. The number of halogens is 4. The molecule has 39 heavy (non-hydrogen) atoms. The number of nitrogens with zero attached hydrogens (tertiary/aromatic N) is 3. The molecule has 1 heterocycles. The molecule has 2 aromatic rings. The summed E-state index contributed by atoms with van der Waals surface area (Å²) in [6.07, 6.45) is -4.82. The van der Waals surface area contributed by atoms with Crippen LogP contribution in [0.4, 0.5) is 28.9 Å². The molecule has 0 atom stereocenters. The number of rotatable bonds is 8. The number of ether oxygens (including phenoxy) is 1. The Balaban J connectivity index is 1.63. The first-order chi connectivity index (χ1) is 18.4. The standard InChI is InChI=1S/C26H30F4N4O5/c1-32-9-11-33(12-10-32)21-5-4-18(31-15-17-3-6-22(38-2)20(27)13-17)14-19(21)23(35)34(16-25(37)7-8-25)39-24(36)26(28,29)30/h3-6,13-14,31,37H,7-12,15-16H2,1-2H3. The van der Waals surface area contributed by atoms with Gasteiger partial charge in [0.25, 0.3) is 5.91 Å². The molecule has 0 spiro atoms. The number of aliphatic hydroxyl groups is 1. The predicted molar refractivity (Wildman–Crippen MR) is 134 cm³/mol. The number of methoxy groups -OCH3 is 1. The first-order valence-corrected chi connectivity index (χ1v) is 12.4. The van der Waals surface area contributed by atoms with Gasteiger partial charge < -0.3 is 29.8 Å². The van der Waals surface area contributed by atoms with E-state index in [0.717, 1.165) is 0 Å². The van der Waals surface area contributed by atoms with Crippen LogP contribution in [0.15, 0.2) is 36.4 Å². The maximum atomic E-state index is 14.1. The number of nitrogens with one attached hydrogen (secondary N) is 1. The van der Waals surface area contributed by atoms with Gasteiger partial charge in [-0.3, -0.25) is 4.79 Å². The van der Waals surface area contributed by atoms with Crippen LogP contribution in [0.25, 0.3) is 0 Å². The van der Waals surface area contributed by atoms with Crippen LogP contribution in [0.1, 0.15) is 28.8 Å². The zero-order chi connectivity index (χ0) is 28.4. The molecular weight excluding hydrogens is 524 g/mol. The van der Waals surface area contributed by atoms with Crippen molar-refractivity contribution >= 4 is 23.3 Å². The summed E-state index contributed by atoms with van der Waals surface area (Å²) in [7, 11) is 3.31. The van der Waals surface area contributed by atoms with Gasteiger partial charge in [0, 0.05) is 44.1 Å². The molecule has 1 amide bonds. The highest BCUT2D eigenvalue weighted by molar-refractivity contribution is 6.01. The molecule has 9 nitrogen and oxygen atoms in total. The maximum absolute atomic E-state index is 14.1. The number of carbonyl (C=O) groups excluding carboxylic acids is 2. The van der Waals surface area contributed by atoms with E-state index in [1.165, 1.54) is 25.3 Å². The molecule has 2 aromatic carbocycles. The zero-order valence-electron chi connectivity index (χ0n) is 21.6. The van der Waals surface area contributed by atoms with Crippen molar-refractivity contribution in [2.24, 2.45) is 0 Å². The molecule has 212 valence electrons. The highest BCUT2D eigenvalue weighted by atomic mass is 19.4. The Hall–Kier alpha value is -3.58. The Morgan fingerprint density at radius 3 is 2.38 bits per heavy atom. The van der Waals surface area contributed by atoms with Gasteiger partial charge in [-0.05, 0) is 55.8 Å². The summed E-state index contributed by atoms with van der Waals surface area (Å²) in [6.45, 7) is 2.09. The molecule has 2 fully saturated rings. The van der Waals surface area contributed by atoms with E-state index in [1.54, 1.807) is 18.2 Å². The molecular formula is C26H30F4N4O5. The van der Waals surface area contributed by atoms with Crippen molar-refractivity contribution in [2.75, 3.05) is 57.1 Å². The van der Waals surface area contributed by atoms with Crippen LogP contribution in [-0.2, 0) is 16.2 Å². The molecule has 1 saturated carbocycles. The monoisotopic (exact) mass is 554 g/mol. The maximum Gasteiger partial charge on any atom is 0.493 e. The molecule has 0 aromatic heterocycles. The zero-order valence-corrected chi connectivity index (χ0v) is 21.6. The van der Waals surface area contributed by atoms with Gasteiger partial charge in [-0.15, -0.1) is 0 Å². The predicted octanol–water partition coefficient (Wildman–Crippen LogP) is 3.19. The van der Waals surface area contributed by atoms with Gasteiger partial charge in [-0.1, -0.05) is 6.07 Å². The van der Waals surface area contributed by atoms with Crippen LogP contribution in [0.5, 0.6) is 5.75 Å². The second-order valence-corrected chi connectivity index (χ2v) is 9.79. The lowest BCUT2D eigenvalue weighted by Gasteiger charge is -2.35. The van der Waals surface area contributed by atoms with Gasteiger partial charge in [0.1, 0.15) is 0 Å². The first kappa shape index (κ1) is 28.4. The minimum Gasteiger partial charge on any atom is -0.494 e. The summed E-state index contributed by atoms with van der Waals surface area (Å²) in [4.78, 5) is 33.8. The van der Waals surface area contributed by atoms with Gasteiger partial charge in [-0.2, -0.15) is 18.2 Å². The SMILES string of the molecule is COc1ccc(CNc2ccc(N3CCN(C)CC3)c(C(=O)N(CC3(O)CC3)OC(=O)C(F)(F)F)c2)cc1F. The third kappa shape index (κ3) is 7.09. The van der Waals surface area contributed by atoms with E-state index >= 15 is 0 Å². The molecule has 1 aliphatic carbocycles. The van der Waals surface area contributed by atoms with Crippen molar-refractivity contribution in [2.45, 2.75) is 31.2 Å². The number of anilines is 2. The Labute approximate surface area is 222 Å². The number of hydroxylamine groups is 2. The average molecular weight is 555 g/mol. The number of piperazine rings is 1. The lowest BCUT2D eigenvalue weighted by molar-refractivity contribution is -0.231. The number of carbonyl (C=O) groups is 2. The molecule has 13 heteroatoms. The highest BCUT2D eigenvalue weighted by Gasteiger charge is 2.48. The molecule has 2 N–H and O–H groups in total. The largest absolute Gasteiger partial charge is 0.494 e. The topological polar surface area (TPSA) is 94.6 Å². The second-order valence-electron chi connectivity index (χ2n) is 9.79. The van der Waals surface area contributed by atoms with Crippen molar-refractivity contribution < 1.29 is 41.8 Å². The summed E-state index contributed by atoms with van der Waals surface area (Å²) < 4.78 is 58.0. The van der Waals surface area contributed by atoms with E-state index < -0.39 is 36.0 Å². The molecule has 4 rings (SSSR count). The second kappa shape index (κ2) is 11.3. The average Bonchev–Trinajstić information content (AvgIpc) is 3.63. The van der Waals surface area contributed by atoms with Gasteiger partial charge >= 0.3 is 12.1 Å². The highest BCUT2D eigenvalue weighted by Crippen LogP contribution is 2.37. The lowest BCUT2D eigenvalue weighted by Crippen LogP contribution is -2.46. The van der Waals surface area contributed by atoms with E-state index in [9.17, 15) is 32.3 Å². The molecule has 0 radical (unpaired) electrons. The van der Waals surface area contributed by atoms with Crippen LogP contribution >= 0.6 is 0 Å². The van der Waals surface area contributed by atoms with Gasteiger partial charge in [0.2, 0.25) is 0 Å². The Bertz CT molecular complexity index is 1210. The molecule has 0 unspecified atom stereocenters. The van der Waals surface area contributed by atoms with E-state index in [-0.39, 0.29) is 30.7 Å². The van der Waals surface area contributed by atoms with E-state index in [1.807, 2.05) is 11.9 Å². The lowest BCUT2D eigenvalue weighted by atomic mass is 10.1. The summed E-state index contributed by atoms with van der Waals surface area (Å²) in [5.74, 6) is -4.01. The molecule has 1 saturated heterocycles. The Morgan fingerprint density at radius 1 is 1.10 bits per heavy atom. The fourth-order valence-corrected chi connectivity index (χ4v) is 4.17. The number of alkyl halides is 3. The summed E-state index contributed by atoms with van der Waals surface area (Å²) >= 11 is 0. The number of amides is 1. The number of hydrogen-bond acceptors (Lipinski definition) is 8. The van der Waals surface area contributed by atoms with Crippen molar-refractivity contribution in [3.05, 3.63) is 53.3 Å². The Kier molecular flexibility index (Phi) is 8.21. The van der Waals surface area contributed by atoms with Crippen LogP contribution in [0.2, 0.25) is 0 Å². The molecule has 0 bridgehead atoms. The fourth-order valence-electron chi connectivity index (χ4n) is 4.17. The smallest absolute Gasteiger partial charge is 0.493 e. The quantitative estimate of drug-likeness (QED) is 0.380. The van der Waals surface area contributed by atoms with Crippen LogP contribution < -0.4 is 15.0 Å². The van der Waals surface area contributed by atoms with Crippen molar-refractivity contribution in [3.8, 4) is 5.75 Å². The minimum absolute atomic E-state index is 0.00955. The fraction of sp³-hybridized carbons (Fsp3) is 0.462. The van der Waals surface area contributed by atoms with E-state index in [0.29, 0.717) is 48.2 Å². The molecule has 2 aliphatic rings. The normalized spacial score (nSPS) is 16.9. The number of hydrogen-bond donors (Lipinski definition) is 2.